The first-order chi connectivity index (χ1) is 7.86. The molecule has 0 spiro atoms. The number of nitrogens with zero attached hydrogens (tertiary/aromatic N) is 2. The maximum atomic E-state index is 5.92. The van der Waals surface area contributed by atoms with E-state index in [1.54, 1.807) is 0 Å². The highest BCUT2D eigenvalue weighted by molar-refractivity contribution is 5.68. The predicted octanol–water partition coefficient (Wildman–Crippen LogP) is 1.73. The topological polar surface area (TPSA) is 55.4 Å². The predicted molar refractivity (Wildman–Crippen MR) is 64.2 cm³/mol. The fourth-order valence-electron chi connectivity index (χ4n) is 2.39. The van der Waals surface area contributed by atoms with Gasteiger partial charge in [0.25, 0.3) is 0 Å². The monoisotopic (exact) mass is 216 g/mol. The van der Waals surface area contributed by atoms with Gasteiger partial charge in [-0.2, -0.15) is 0 Å². The molecule has 3 N–H and O–H groups in total. The number of fused-ring (bicyclic) bond motifs is 1. The van der Waals surface area contributed by atoms with Crippen LogP contribution in [-0.4, -0.2) is 15.9 Å². The van der Waals surface area contributed by atoms with E-state index in [0.29, 0.717) is 6.04 Å². The second-order valence-corrected chi connectivity index (χ2v) is 4.34. The molecule has 3 heterocycles. The third-order valence-electron chi connectivity index (χ3n) is 3.25. The van der Waals surface area contributed by atoms with E-state index in [-0.39, 0.29) is 0 Å². The molecule has 4 nitrogen and oxygen atoms in total. The summed E-state index contributed by atoms with van der Waals surface area (Å²) in [4.78, 5) is 4.50. The van der Waals surface area contributed by atoms with Crippen LogP contribution in [0.1, 0.15) is 31.1 Å². The maximum Gasteiger partial charge on any atom is 0.130 e. The highest BCUT2D eigenvalue weighted by Crippen LogP contribution is 2.24. The Labute approximate surface area is 94.5 Å². The zero-order chi connectivity index (χ0) is 11.0. The molecular formula is C12H16N4. The van der Waals surface area contributed by atoms with Crippen LogP contribution in [0.3, 0.4) is 0 Å². The first-order valence-corrected chi connectivity index (χ1v) is 5.81. The van der Waals surface area contributed by atoms with Crippen molar-refractivity contribution in [1.29, 1.82) is 0 Å². The Morgan fingerprint density at radius 2 is 2.38 bits per heavy atom. The number of hydrogen-bond acceptors (Lipinski definition) is 3. The molecule has 16 heavy (non-hydrogen) atoms. The van der Waals surface area contributed by atoms with E-state index in [0.717, 1.165) is 30.0 Å². The Hall–Kier alpha value is -1.55. The minimum absolute atomic E-state index is 0.373. The number of anilines is 1. The zero-order valence-electron chi connectivity index (χ0n) is 9.19. The zero-order valence-corrected chi connectivity index (χ0v) is 9.19. The molecule has 1 unspecified atom stereocenters. The SMILES string of the molecule is Nc1cccn2c(C3CCCCN3)ncc12. The summed E-state index contributed by atoms with van der Waals surface area (Å²) in [5.74, 6) is 1.09. The maximum absolute atomic E-state index is 5.92. The fourth-order valence-corrected chi connectivity index (χ4v) is 2.39. The molecule has 0 aromatic carbocycles. The number of aromatic nitrogens is 2. The lowest BCUT2D eigenvalue weighted by Crippen LogP contribution is -2.28. The number of nitrogens with two attached hydrogens (primary N) is 1. The molecule has 2 aromatic heterocycles. The first kappa shape index (κ1) is 9.66. The lowest BCUT2D eigenvalue weighted by molar-refractivity contribution is 0.396. The standard InChI is InChI=1S/C12H16N4/c13-9-4-3-7-16-11(9)8-15-12(16)10-5-1-2-6-14-10/h3-4,7-8,10,14H,1-2,5-6,13H2. The minimum Gasteiger partial charge on any atom is -0.397 e. The van der Waals surface area contributed by atoms with Crippen molar-refractivity contribution in [3.05, 3.63) is 30.4 Å². The van der Waals surface area contributed by atoms with E-state index < -0.39 is 0 Å². The molecular weight excluding hydrogens is 200 g/mol. The summed E-state index contributed by atoms with van der Waals surface area (Å²) in [7, 11) is 0. The van der Waals surface area contributed by atoms with Crippen LogP contribution in [0.2, 0.25) is 0 Å². The molecule has 0 saturated carbocycles. The Balaban J connectivity index is 2.06. The number of imidazole rings is 1. The summed E-state index contributed by atoms with van der Waals surface area (Å²) in [5, 5.41) is 3.51. The highest BCUT2D eigenvalue weighted by atomic mass is 15.1. The van der Waals surface area contributed by atoms with Gasteiger partial charge < -0.3 is 15.5 Å². The van der Waals surface area contributed by atoms with E-state index in [1.165, 1.54) is 12.8 Å². The second kappa shape index (κ2) is 3.79. The molecule has 3 rings (SSSR count). The first-order valence-electron chi connectivity index (χ1n) is 5.81. The summed E-state index contributed by atoms with van der Waals surface area (Å²) in [5.41, 5.74) is 7.71. The minimum atomic E-state index is 0.373. The molecule has 84 valence electrons. The molecule has 1 saturated heterocycles. The van der Waals surface area contributed by atoms with E-state index in [9.17, 15) is 0 Å². The molecule has 1 atom stereocenters. The van der Waals surface area contributed by atoms with Gasteiger partial charge in [-0.3, -0.25) is 0 Å². The fraction of sp³-hybridized carbons (Fsp3) is 0.417. The van der Waals surface area contributed by atoms with E-state index in [4.69, 9.17) is 5.73 Å². The van der Waals surface area contributed by atoms with Gasteiger partial charge in [-0.05, 0) is 31.5 Å². The lowest BCUT2D eigenvalue weighted by atomic mass is 10.0. The largest absolute Gasteiger partial charge is 0.397 e. The number of pyridine rings is 1. The van der Waals surface area contributed by atoms with Crippen LogP contribution in [0, 0.1) is 0 Å². The quantitative estimate of drug-likeness (QED) is 0.763. The average Bonchev–Trinajstić information content (AvgIpc) is 2.75. The lowest BCUT2D eigenvalue weighted by Gasteiger charge is -2.22. The van der Waals surface area contributed by atoms with Gasteiger partial charge in [0.05, 0.1) is 23.4 Å². The van der Waals surface area contributed by atoms with Crippen LogP contribution in [-0.2, 0) is 0 Å². The van der Waals surface area contributed by atoms with Crippen molar-refractivity contribution in [2.45, 2.75) is 25.3 Å². The van der Waals surface area contributed by atoms with E-state index in [1.807, 2.05) is 24.5 Å². The van der Waals surface area contributed by atoms with Crippen molar-refractivity contribution in [3.8, 4) is 0 Å². The van der Waals surface area contributed by atoms with Crippen molar-refractivity contribution in [1.82, 2.24) is 14.7 Å². The van der Waals surface area contributed by atoms with Crippen LogP contribution >= 0.6 is 0 Å². The Kier molecular flexibility index (Phi) is 2.29. The van der Waals surface area contributed by atoms with Crippen molar-refractivity contribution >= 4 is 11.2 Å². The molecule has 0 bridgehead atoms. The Morgan fingerprint density at radius 1 is 1.44 bits per heavy atom. The second-order valence-electron chi connectivity index (χ2n) is 4.34. The molecule has 4 heteroatoms. The molecule has 0 aliphatic carbocycles. The van der Waals surface area contributed by atoms with Crippen molar-refractivity contribution in [3.63, 3.8) is 0 Å². The smallest absolute Gasteiger partial charge is 0.130 e. The number of nitrogens with one attached hydrogen (secondary N) is 1. The van der Waals surface area contributed by atoms with Gasteiger partial charge >= 0.3 is 0 Å². The van der Waals surface area contributed by atoms with E-state index in [2.05, 4.69) is 14.7 Å². The van der Waals surface area contributed by atoms with Gasteiger partial charge in [0.1, 0.15) is 5.82 Å². The van der Waals surface area contributed by atoms with Gasteiger partial charge in [0, 0.05) is 6.20 Å². The Morgan fingerprint density at radius 3 is 3.19 bits per heavy atom. The van der Waals surface area contributed by atoms with Crippen LogP contribution in [0.5, 0.6) is 0 Å². The van der Waals surface area contributed by atoms with Crippen molar-refractivity contribution in [2.24, 2.45) is 0 Å². The molecule has 1 aliphatic rings. The number of piperidine rings is 1. The average molecular weight is 216 g/mol. The third-order valence-corrected chi connectivity index (χ3v) is 3.25. The Bertz CT molecular complexity index is 497. The molecule has 2 aromatic rings. The number of nitrogen functional groups attached to an aromatic ring is 1. The summed E-state index contributed by atoms with van der Waals surface area (Å²) in [6, 6.07) is 4.25. The summed E-state index contributed by atoms with van der Waals surface area (Å²) in [6.45, 7) is 1.09. The van der Waals surface area contributed by atoms with Gasteiger partial charge in [-0.25, -0.2) is 4.98 Å². The van der Waals surface area contributed by atoms with Crippen LogP contribution in [0.4, 0.5) is 5.69 Å². The molecule has 0 amide bonds. The third kappa shape index (κ3) is 1.46. The van der Waals surface area contributed by atoms with Crippen LogP contribution in [0.15, 0.2) is 24.5 Å². The normalized spacial score (nSPS) is 21.4. The molecule has 1 fully saturated rings. The molecule has 0 radical (unpaired) electrons. The number of rotatable bonds is 1. The van der Waals surface area contributed by atoms with E-state index >= 15 is 0 Å². The van der Waals surface area contributed by atoms with Gasteiger partial charge in [-0.15, -0.1) is 0 Å². The van der Waals surface area contributed by atoms with Crippen molar-refractivity contribution in [2.75, 3.05) is 12.3 Å². The molecule has 1 aliphatic heterocycles. The summed E-state index contributed by atoms with van der Waals surface area (Å²) in [6.07, 6.45) is 7.59. The van der Waals surface area contributed by atoms with Crippen LogP contribution in [0.25, 0.3) is 5.52 Å². The van der Waals surface area contributed by atoms with Gasteiger partial charge in [0.2, 0.25) is 0 Å². The van der Waals surface area contributed by atoms with Gasteiger partial charge in [0.15, 0.2) is 0 Å². The number of hydrogen-bond donors (Lipinski definition) is 2. The summed E-state index contributed by atoms with van der Waals surface area (Å²) >= 11 is 0. The highest BCUT2D eigenvalue weighted by Gasteiger charge is 2.19. The summed E-state index contributed by atoms with van der Waals surface area (Å²) < 4.78 is 2.10. The van der Waals surface area contributed by atoms with Gasteiger partial charge in [-0.1, -0.05) is 6.42 Å². The van der Waals surface area contributed by atoms with Crippen LogP contribution < -0.4 is 11.1 Å². The van der Waals surface area contributed by atoms with Crippen molar-refractivity contribution < 1.29 is 0 Å².